The summed E-state index contributed by atoms with van der Waals surface area (Å²) in [6, 6.07) is 7.76. The van der Waals surface area contributed by atoms with Gasteiger partial charge in [-0.1, -0.05) is 24.6 Å². The predicted molar refractivity (Wildman–Crippen MR) is 94.6 cm³/mol. The van der Waals surface area contributed by atoms with Crippen molar-refractivity contribution in [1.29, 1.82) is 0 Å². The molecule has 1 saturated carbocycles. The number of nitrogens with one attached hydrogen (secondary N) is 1. The van der Waals surface area contributed by atoms with Crippen LogP contribution in [0.2, 0.25) is 0 Å². The maximum absolute atomic E-state index is 12.0. The highest BCUT2D eigenvalue weighted by atomic mass is 16.5. The molecule has 0 radical (unpaired) electrons. The second-order valence-electron chi connectivity index (χ2n) is 7.25. The Bertz CT molecular complexity index is 663. The lowest BCUT2D eigenvalue weighted by molar-refractivity contribution is -0.146. The minimum absolute atomic E-state index is 0.103. The summed E-state index contributed by atoms with van der Waals surface area (Å²) in [6.45, 7) is 1.94. The number of carboxylic acid groups (broad SMARTS) is 1. The molecule has 0 bridgehead atoms. The van der Waals surface area contributed by atoms with Gasteiger partial charge in [0.15, 0.2) is 0 Å². The van der Waals surface area contributed by atoms with Crippen LogP contribution in [0.1, 0.15) is 44.6 Å². The van der Waals surface area contributed by atoms with Gasteiger partial charge in [0.05, 0.1) is 24.4 Å². The Morgan fingerprint density at radius 3 is 2.80 bits per heavy atom. The third-order valence-electron chi connectivity index (χ3n) is 5.52. The van der Waals surface area contributed by atoms with E-state index in [0.717, 1.165) is 36.9 Å². The summed E-state index contributed by atoms with van der Waals surface area (Å²) in [5.74, 6) is -0.269. The van der Waals surface area contributed by atoms with Gasteiger partial charge in [-0.25, -0.2) is 4.79 Å². The second-order valence-corrected chi connectivity index (χ2v) is 7.25. The van der Waals surface area contributed by atoms with E-state index in [-0.39, 0.29) is 17.9 Å². The van der Waals surface area contributed by atoms with Crippen LogP contribution >= 0.6 is 0 Å². The number of carbonyl (C=O) groups excluding carboxylic acids is 1. The van der Waals surface area contributed by atoms with Crippen molar-refractivity contribution >= 4 is 17.7 Å². The fourth-order valence-corrected chi connectivity index (χ4v) is 4.29. The molecular weight excluding hydrogens is 320 g/mol. The van der Waals surface area contributed by atoms with Crippen molar-refractivity contribution in [1.82, 2.24) is 5.32 Å². The van der Waals surface area contributed by atoms with E-state index in [1.54, 1.807) is 0 Å². The van der Waals surface area contributed by atoms with Crippen LogP contribution in [-0.4, -0.2) is 36.0 Å². The number of hydrogen-bond donors (Lipinski definition) is 2. The molecule has 1 unspecified atom stereocenters. The van der Waals surface area contributed by atoms with Crippen molar-refractivity contribution in [3.8, 4) is 0 Å². The molecule has 1 amide bonds. The smallest absolute Gasteiger partial charge is 0.413 e. The van der Waals surface area contributed by atoms with E-state index in [9.17, 15) is 14.7 Å². The average molecular weight is 346 g/mol. The zero-order chi connectivity index (χ0) is 18.0. The number of hydrogen-bond acceptors (Lipinski definition) is 4. The van der Waals surface area contributed by atoms with E-state index in [4.69, 9.17) is 4.74 Å². The highest BCUT2D eigenvalue weighted by Crippen LogP contribution is 2.37. The number of fused-ring (bicyclic) bond motifs is 1. The van der Waals surface area contributed by atoms with Crippen LogP contribution in [0.15, 0.2) is 24.3 Å². The largest absolute Gasteiger partial charge is 0.469 e. The van der Waals surface area contributed by atoms with Crippen LogP contribution in [0.3, 0.4) is 0 Å². The Labute approximate surface area is 148 Å². The van der Waals surface area contributed by atoms with E-state index < -0.39 is 11.8 Å². The summed E-state index contributed by atoms with van der Waals surface area (Å²) in [6.07, 6.45) is 3.99. The molecule has 1 aliphatic heterocycles. The van der Waals surface area contributed by atoms with Crippen molar-refractivity contribution in [3.05, 3.63) is 29.8 Å². The molecule has 2 aliphatic rings. The molecule has 3 rings (SSSR count). The van der Waals surface area contributed by atoms with Gasteiger partial charge in [0, 0.05) is 6.04 Å². The highest BCUT2D eigenvalue weighted by molar-refractivity contribution is 5.89. The van der Waals surface area contributed by atoms with E-state index in [2.05, 4.69) is 5.32 Å². The summed E-state index contributed by atoms with van der Waals surface area (Å²) in [4.78, 5) is 25.3. The second kappa shape index (κ2) is 7.04. The number of carbonyl (C=O) groups is 2. The summed E-state index contributed by atoms with van der Waals surface area (Å²) >= 11 is 0. The van der Waals surface area contributed by atoms with Gasteiger partial charge in [0.2, 0.25) is 0 Å². The first-order chi connectivity index (χ1) is 11.9. The lowest BCUT2D eigenvalue weighted by Crippen LogP contribution is -2.64. The molecule has 1 aliphatic carbocycles. The Hall–Kier alpha value is -2.08. The lowest BCUT2D eigenvalue weighted by atomic mass is 9.83. The number of nitrogens with zero attached hydrogens (tertiary/aromatic N) is 1. The molecule has 1 aromatic carbocycles. The van der Waals surface area contributed by atoms with E-state index in [1.807, 2.05) is 31.2 Å². The number of amides is 1. The lowest BCUT2D eigenvalue weighted by Gasteiger charge is -2.47. The summed E-state index contributed by atoms with van der Waals surface area (Å²) in [7, 11) is 1.42. The Morgan fingerprint density at radius 1 is 1.32 bits per heavy atom. The van der Waals surface area contributed by atoms with Crippen molar-refractivity contribution in [3.63, 3.8) is 0 Å². The molecule has 1 fully saturated rings. The zero-order valence-corrected chi connectivity index (χ0v) is 14.8. The summed E-state index contributed by atoms with van der Waals surface area (Å²) < 4.78 is 4.89. The highest BCUT2D eigenvalue weighted by Gasteiger charge is 2.42. The summed E-state index contributed by atoms with van der Waals surface area (Å²) in [5.41, 5.74) is 1.12. The molecule has 0 spiro atoms. The topological polar surface area (TPSA) is 78.9 Å². The first-order valence-electron chi connectivity index (χ1n) is 8.91. The molecule has 1 aromatic rings. The fourth-order valence-electron chi connectivity index (χ4n) is 4.29. The quantitative estimate of drug-likeness (QED) is 0.822. The number of methoxy groups -OCH3 is 1. The van der Waals surface area contributed by atoms with Crippen LogP contribution in [0, 0.1) is 5.92 Å². The van der Waals surface area contributed by atoms with Crippen LogP contribution in [0.25, 0.3) is 0 Å². The van der Waals surface area contributed by atoms with Crippen molar-refractivity contribution in [2.45, 2.75) is 57.2 Å². The molecule has 2 N–H and O–H groups in total. The fraction of sp³-hybridized carbons (Fsp3) is 0.579. The third kappa shape index (κ3) is 3.49. The first-order valence-corrected chi connectivity index (χ1v) is 8.91. The maximum Gasteiger partial charge on any atom is 0.413 e. The van der Waals surface area contributed by atoms with Crippen molar-refractivity contribution in [2.24, 2.45) is 5.92 Å². The van der Waals surface area contributed by atoms with Gasteiger partial charge in [-0.2, -0.15) is 0 Å². The Balaban J connectivity index is 1.81. The zero-order valence-electron chi connectivity index (χ0n) is 14.8. The van der Waals surface area contributed by atoms with Crippen LogP contribution < -0.4 is 10.2 Å². The number of ether oxygens (including phenoxy) is 1. The Morgan fingerprint density at radius 2 is 2.08 bits per heavy atom. The number of rotatable bonds is 3. The van der Waals surface area contributed by atoms with Gasteiger partial charge in [-0.15, -0.1) is 0 Å². The van der Waals surface area contributed by atoms with E-state index in [0.29, 0.717) is 12.8 Å². The molecule has 3 atom stereocenters. The normalized spacial score (nSPS) is 29.0. The molecule has 1 heterocycles. The number of benzene rings is 1. The average Bonchev–Trinajstić information content (AvgIpc) is 2.60. The van der Waals surface area contributed by atoms with Crippen LogP contribution in [0.5, 0.6) is 0 Å². The van der Waals surface area contributed by atoms with Crippen molar-refractivity contribution in [2.75, 3.05) is 12.0 Å². The van der Waals surface area contributed by atoms with Gasteiger partial charge in [-0.05, 0) is 50.7 Å². The van der Waals surface area contributed by atoms with Gasteiger partial charge >= 0.3 is 12.1 Å². The van der Waals surface area contributed by atoms with Gasteiger partial charge in [0.1, 0.15) is 0 Å². The summed E-state index contributed by atoms with van der Waals surface area (Å²) in [5, 5.41) is 13.4. The Kier molecular flexibility index (Phi) is 4.99. The van der Waals surface area contributed by atoms with E-state index in [1.165, 1.54) is 12.0 Å². The molecule has 0 aromatic heterocycles. The standard InChI is InChI=1S/C19H26N2O4/c1-19(20-15-8-5-7-14(12-15)17(22)25-2)11-10-13-6-3-4-9-16(13)21(19)18(23)24/h3-4,6,9,14-15,20H,5,7-8,10-12H2,1-2H3,(H,23,24)/t14-,15-,19?/m1/s1. The molecule has 136 valence electrons. The van der Waals surface area contributed by atoms with Crippen LogP contribution in [-0.2, 0) is 16.0 Å². The number of esters is 1. The van der Waals surface area contributed by atoms with Gasteiger partial charge < -0.3 is 9.84 Å². The SMILES string of the molecule is COC(=O)[C@@H]1CCC[C@@H](NC2(C)CCc3ccccc3N2C(=O)O)C1. The predicted octanol–water partition coefficient (Wildman–Crippen LogP) is 3.15. The number of para-hydroxylation sites is 1. The molecule has 6 nitrogen and oxygen atoms in total. The minimum Gasteiger partial charge on any atom is -0.469 e. The van der Waals surface area contributed by atoms with Crippen molar-refractivity contribution < 1.29 is 19.4 Å². The minimum atomic E-state index is -0.956. The van der Waals surface area contributed by atoms with E-state index >= 15 is 0 Å². The van der Waals surface area contributed by atoms with Crippen LogP contribution in [0.4, 0.5) is 10.5 Å². The molecule has 6 heteroatoms. The number of anilines is 1. The number of aryl methyl sites for hydroxylation is 1. The maximum atomic E-state index is 12.0. The third-order valence-corrected chi connectivity index (χ3v) is 5.52. The first kappa shape index (κ1) is 17.7. The molecule has 25 heavy (non-hydrogen) atoms. The monoisotopic (exact) mass is 346 g/mol. The molecule has 0 saturated heterocycles. The van der Waals surface area contributed by atoms with Gasteiger partial charge in [-0.3, -0.25) is 15.0 Å². The molecular formula is C19H26N2O4. The van der Waals surface area contributed by atoms with Gasteiger partial charge in [0.25, 0.3) is 0 Å².